The predicted molar refractivity (Wildman–Crippen MR) is 74.0 cm³/mol. The maximum Gasteiger partial charge on any atom is 0.0832 e. The van der Waals surface area contributed by atoms with Gasteiger partial charge < -0.3 is 4.74 Å². The summed E-state index contributed by atoms with van der Waals surface area (Å²) in [7, 11) is 0. The van der Waals surface area contributed by atoms with Crippen LogP contribution in [0.2, 0.25) is 5.02 Å². The molecule has 0 amide bonds. The molecular formula is C15H16ClNO. The molecule has 0 spiro atoms. The van der Waals surface area contributed by atoms with Crippen LogP contribution in [-0.2, 0) is 4.74 Å². The van der Waals surface area contributed by atoms with E-state index in [1.165, 1.54) is 18.4 Å². The molecular weight excluding hydrogens is 246 g/mol. The highest BCUT2D eigenvalue weighted by molar-refractivity contribution is 6.31. The van der Waals surface area contributed by atoms with Crippen LogP contribution in [0.4, 0.5) is 0 Å². The van der Waals surface area contributed by atoms with Crippen LogP contribution < -0.4 is 0 Å². The van der Waals surface area contributed by atoms with Crippen molar-refractivity contribution >= 4 is 22.5 Å². The zero-order chi connectivity index (χ0) is 12.5. The molecule has 1 aromatic heterocycles. The zero-order valence-electron chi connectivity index (χ0n) is 10.4. The minimum atomic E-state index is 0.212. The summed E-state index contributed by atoms with van der Waals surface area (Å²) in [6, 6.07) is 8.05. The summed E-state index contributed by atoms with van der Waals surface area (Å²) in [5, 5.41) is 1.90. The second-order valence-electron chi connectivity index (χ2n) is 4.87. The summed E-state index contributed by atoms with van der Waals surface area (Å²) in [6.07, 6.45) is 3.72. The third-order valence-electron chi connectivity index (χ3n) is 3.46. The van der Waals surface area contributed by atoms with Crippen LogP contribution in [0.1, 0.15) is 36.6 Å². The van der Waals surface area contributed by atoms with E-state index in [4.69, 9.17) is 16.3 Å². The number of benzene rings is 1. The van der Waals surface area contributed by atoms with Gasteiger partial charge >= 0.3 is 0 Å². The number of halogens is 1. The fourth-order valence-electron chi connectivity index (χ4n) is 2.62. The van der Waals surface area contributed by atoms with E-state index in [1.807, 2.05) is 19.1 Å². The van der Waals surface area contributed by atoms with Crippen LogP contribution in [0.3, 0.4) is 0 Å². The number of nitrogens with zero attached hydrogens (tertiary/aromatic N) is 1. The number of aromatic nitrogens is 1. The first-order valence-corrected chi connectivity index (χ1v) is 6.80. The van der Waals surface area contributed by atoms with E-state index in [0.717, 1.165) is 34.6 Å². The Morgan fingerprint density at radius 1 is 1.28 bits per heavy atom. The van der Waals surface area contributed by atoms with Gasteiger partial charge in [0.25, 0.3) is 0 Å². The summed E-state index contributed by atoms with van der Waals surface area (Å²) in [4.78, 5) is 4.55. The van der Waals surface area contributed by atoms with Crippen molar-refractivity contribution in [3.05, 3.63) is 40.5 Å². The SMILES string of the molecule is Cc1cc(C2CCCCO2)c2ccc(Cl)cc2n1. The lowest BCUT2D eigenvalue weighted by Crippen LogP contribution is -2.12. The first-order chi connectivity index (χ1) is 8.74. The summed E-state index contributed by atoms with van der Waals surface area (Å²) >= 11 is 6.04. The summed E-state index contributed by atoms with van der Waals surface area (Å²) in [5.74, 6) is 0. The largest absolute Gasteiger partial charge is 0.374 e. The first kappa shape index (κ1) is 11.9. The van der Waals surface area contributed by atoms with Gasteiger partial charge in [0.1, 0.15) is 0 Å². The van der Waals surface area contributed by atoms with E-state index in [0.29, 0.717) is 0 Å². The van der Waals surface area contributed by atoms with Crippen molar-refractivity contribution in [1.82, 2.24) is 4.98 Å². The quantitative estimate of drug-likeness (QED) is 0.757. The van der Waals surface area contributed by atoms with Crippen molar-refractivity contribution in [2.24, 2.45) is 0 Å². The molecule has 0 aliphatic carbocycles. The van der Waals surface area contributed by atoms with Crippen LogP contribution >= 0.6 is 11.6 Å². The number of aryl methyl sites for hydroxylation is 1. The monoisotopic (exact) mass is 261 g/mol. The second kappa shape index (κ2) is 4.87. The Labute approximate surface area is 112 Å². The molecule has 18 heavy (non-hydrogen) atoms. The van der Waals surface area contributed by atoms with Crippen LogP contribution in [0.25, 0.3) is 10.9 Å². The molecule has 2 aromatic rings. The van der Waals surface area contributed by atoms with E-state index in [1.54, 1.807) is 0 Å². The lowest BCUT2D eigenvalue weighted by atomic mass is 9.97. The summed E-state index contributed by atoms with van der Waals surface area (Å²) in [6.45, 7) is 2.88. The van der Waals surface area contributed by atoms with Crippen LogP contribution in [0.15, 0.2) is 24.3 Å². The number of ether oxygens (including phenoxy) is 1. The van der Waals surface area contributed by atoms with Gasteiger partial charge in [0.05, 0.1) is 11.6 Å². The Hall–Kier alpha value is -1.12. The van der Waals surface area contributed by atoms with E-state index < -0.39 is 0 Å². The lowest BCUT2D eigenvalue weighted by molar-refractivity contribution is 0.0158. The van der Waals surface area contributed by atoms with Gasteiger partial charge in [0.2, 0.25) is 0 Å². The first-order valence-electron chi connectivity index (χ1n) is 6.42. The van der Waals surface area contributed by atoms with Crippen molar-refractivity contribution in [2.75, 3.05) is 6.61 Å². The molecule has 3 heteroatoms. The van der Waals surface area contributed by atoms with Gasteiger partial charge in [-0.15, -0.1) is 0 Å². The van der Waals surface area contributed by atoms with E-state index in [2.05, 4.69) is 17.1 Å². The minimum absolute atomic E-state index is 0.212. The molecule has 1 aliphatic rings. The van der Waals surface area contributed by atoms with Crippen molar-refractivity contribution < 1.29 is 4.74 Å². The molecule has 2 nitrogen and oxygen atoms in total. The van der Waals surface area contributed by atoms with Gasteiger partial charge in [-0.2, -0.15) is 0 Å². The third-order valence-corrected chi connectivity index (χ3v) is 3.69. The molecule has 1 aliphatic heterocycles. The Morgan fingerprint density at radius 2 is 2.17 bits per heavy atom. The molecule has 0 bridgehead atoms. The molecule has 1 fully saturated rings. The molecule has 2 heterocycles. The van der Waals surface area contributed by atoms with E-state index >= 15 is 0 Å². The highest BCUT2D eigenvalue weighted by Gasteiger charge is 2.19. The van der Waals surface area contributed by atoms with Crippen LogP contribution in [0.5, 0.6) is 0 Å². The average molecular weight is 262 g/mol. The standard InChI is InChI=1S/C15H16ClNO/c1-10-8-13(15-4-2-3-7-18-15)12-6-5-11(16)9-14(12)17-10/h5-6,8-9,15H,2-4,7H2,1H3. The van der Waals surface area contributed by atoms with Gasteiger partial charge in [-0.05, 0) is 49.9 Å². The zero-order valence-corrected chi connectivity index (χ0v) is 11.2. The predicted octanol–water partition coefficient (Wildman–Crippen LogP) is 4.44. The van der Waals surface area contributed by atoms with Crippen LogP contribution in [0, 0.1) is 6.92 Å². The normalized spacial score (nSPS) is 20.2. The molecule has 0 saturated carbocycles. The molecule has 1 aromatic carbocycles. The topological polar surface area (TPSA) is 22.1 Å². The molecule has 3 rings (SSSR count). The number of fused-ring (bicyclic) bond motifs is 1. The van der Waals surface area contributed by atoms with Crippen molar-refractivity contribution in [3.8, 4) is 0 Å². The van der Waals surface area contributed by atoms with Crippen molar-refractivity contribution in [2.45, 2.75) is 32.3 Å². The lowest BCUT2D eigenvalue weighted by Gasteiger charge is -2.24. The van der Waals surface area contributed by atoms with E-state index in [-0.39, 0.29) is 6.10 Å². The molecule has 0 N–H and O–H groups in total. The van der Waals surface area contributed by atoms with Crippen molar-refractivity contribution in [1.29, 1.82) is 0 Å². The fourth-order valence-corrected chi connectivity index (χ4v) is 2.79. The molecule has 1 unspecified atom stereocenters. The Balaban J connectivity index is 2.14. The number of hydrogen-bond donors (Lipinski definition) is 0. The highest BCUT2D eigenvalue weighted by atomic mass is 35.5. The smallest absolute Gasteiger partial charge is 0.0832 e. The number of hydrogen-bond acceptors (Lipinski definition) is 2. The number of pyridine rings is 1. The summed E-state index contributed by atoms with van der Waals surface area (Å²) < 4.78 is 5.90. The van der Waals surface area contributed by atoms with Gasteiger partial charge in [-0.3, -0.25) is 4.98 Å². The maximum absolute atomic E-state index is 6.04. The molecule has 1 saturated heterocycles. The van der Waals surface area contributed by atoms with Gasteiger partial charge in [-0.25, -0.2) is 0 Å². The fraction of sp³-hybridized carbons (Fsp3) is 0.400. The summed E-state index contributed by atoms with van der Waals surface area (Å²) in [5.41, 5.74) is 3.24. The number of rotatable bonds is 1. The molecule has 94 valence electrons. The minimum Gasteiger partial charge on any atom is -0.374 e. The molecule has 0 radical (unpaired) electrons. The Bertz CT molecular complexity index is 571. The average Bonchev–Trinajstić information content (AvgIpc) is 2.38. The second-order valence-corrected chi connectivity index (χ2v) is 5.31. The Morgan fingerprint density at radius 3 is 2.94 bits per heavy atom. The third kappa shape index (κ3) is 2.23. The Kier molecular flexibility index (Phi) is 3.23. The van der Waals surface area contributed by atoms with E-state index in [9.17, 15) is 0 Å². The maximum atomic E-state index is 6.04. The van der Waals surface area contributed by atoms with Gasteiger partial charge in [0.15, 0.2) is 0 Å². The highest BCUT2D eigenvalue weighted by Crippen LogP contribution is 2.33. The van der Waals surface area contributed by atoms with Gasteiger partial charge in [0, 0.05) is 22.7 Å². The molecule has 1 atom stereocenters. The van der Waals surface area contributed by atoms with Gasteiger partial charge in [-0.1, -0.05) is 17.7 Å². The van der Waals surface area contributed by atoms with Crippen LogP contribution in [-0.4, -0.2) is 11.6 Å². The van der Waals surface area contributed by atoms with Crippen molar-refractivity contribution in [3.63, 3.8) is 0 Å².